The molecule has 1 aliphatic heterocycles. The maximum atomic E-state index is 5.26. The van der Waals surface area contributed by atoms with Crippen molar-refractivity contribution in [2.24, 2.45) is 0 Å². The average molecular weight is 208 g/mol. The van der Waals surface area contributed by atoms with Crippen molar-refractivity contribution in [3.63, 3.8) is 0 Å². The number of rotatable bonds is 4. The molecule has 3 heteroatoms. The zero-order valence-electron chi connectivity index (χ0n) is 9.17. The molecule has 2 heterocycles. The zero-order valence-corrected chi connectivity index (χ0v) is 9.17. The van der Waals surface area contributed by atoms with Gasteiger partial charge in [0.2, 0.25) is 0 Å². The van der Waals surface area contributed by atoms with Gasteiger partial charge in [0.05, 0.1) is 12.8 Å². The van der Waals surface area contributed by atoms with Gasteiger partial charge in [0.1, 0.15) is 5.76 Å². The summed E-state index contributed by atoms with van der Waals surface area (Å²) >= 11 is 0. The van der Waals surface area contributed by atoms with Gasteiger partial charge in [-0.15, -0.1) is 0 Å². The Morgan fingerprint density at radius 1 is 1.40 bits per heavy atom. The van der Waals surface area contributed by atoms with Crippen LogP contribution in [0.15, 0.2) is 22.8 Å². The Morgan fingerprint density at radius 3 is 3.27 bits per heavy atom. The molecule has 2 rings (SSSR count). The number of nitrogens with one attached hydrogen (secondary N) is 2. The van der Waals surface area contributed by atoms with Gasteiger partial charge in [0.15, 0.2) is 0 Å². The third kappa shape index (κ3) is 3.68. The monoisotopic (exact) mass is 208 g/mol. The van der Waals surface area contributed by atoms with Gasteiger partial charge >= 0.3 is 0 Å². The van der Waals surface area contributed by atoms with E-state index in [0.29, 0.717) is 6.04 Å². The molecule has 1 atom stereocenters. The largest absolute Gasteiger partial charge is 0.468 e. The van der Waals surface area contributed by atoms with E-state index in [1.165, 1.54) is 32.2 Å². The molecule has 0 aliphatic carbocycles. The summed E-state index contributed by atoms with van der Waals surface area (Å²) < 4.78 is 5.26. The van der Waals surface area contributed by atoms with Gasteiger partial charge in [-0.25, -0.2) is 0 Å². The van der Waals surface area contributed by atoms with Gasteiger partial charge < -0.3 is 15.1 Å². The van der Waals surface area contributed by atoms with Crippen LogP contribution in [0.2, 0.25) is 0 Å². The molecule has 1 unspecified atom stereocenters. The first-order valence-corrected chi connectivity index (χ1v) is 5.91. The van der Waals surface area contributed by atoms with E-state index in [2.05, 4.69) is 10.6 Å². The van der Waals surface area contributed by atoms with Gasteiger partial charge in [-0.3, -0.25) is 0 Å². The van der Waals surface area contributed by atoms with E-state index < -0.39 is 0 Å². The molecule has 0 aromatic carbocycles. The molecule has 3 nitrogen and oxygen atoms in total. The Bertz CT molecular complexity index is 251. The van der Waals surface area contributed by atoms with Gasteiger partial charge in [0.25, 0.3) is 0 Å². The van der Waals surface area contributed by atoms with Crippen LogP contribution in [0.3, 0.4) is 0 Å². The summed E-state index contributed by atoms with van der Waals surface area (Å²) in [5, 5.41) is 7.00. The van der Waals surface area contributed by atoms with E-state index in [-0.39, 0.29) is 0 Å². The van der Waals surface area contributed by atoms with Crippen LogP contribution in [-0.2, 0) is 6.54 Å². The predicted octanol–water partition coefficient (Wildman–Crippen LogP) is 1.90. The number of hydrogen-bond donors (Lipinski definition) is 2. The highest BCUT2D eigenvalue weighted by atomic mass is 16.3. The highest BCUT2D eigenvalue weighted by molar-refractivity contribution is 4.97. The Hall–Kier alpha value is -0.800. The topological polar surface area (TPSA) is 37.2 Å². The fraction of sp³-hybridized carbons (Fsp3) is 0.667. The standard InChI is InChI=1S/C12H20N2O/c1-2-5-11(14-7-3-1)9-13-10-12-6-4-8-15-12/h4,6,8,11,13-14H,1-3,5,7,9-10H2. The molecular weight excluding hydrogens is 188 g/mol. The van der Waals surface area contributed by atoms with Gasteiger partial charge in [-0.05, 0) is 31.5 Å². The smallest absolute Gasteiger partial charge is 0.117 e. The zero-order chi connectivity index (χ0) is 10.3. The molecule has 1 aliphatic rings. The molecule has 1 aromatic rings. The predicted molar refractivity (Wildman–Crippen MR) is 60.7 cm³/mol. The van der Waals surface area contributed by atoms with Crippen LogP contribution in [0.4, 0.5) is 0 Å². The fourth-order valence-electron chi connectivity index (χ4n) is 2.06. The third-order valence-electron chi connectivity index (χ3n) is 2.93. The molecule has 2 N–H and O–H groups in total. The van der Waals surface area contributed by atoms with Crippen molar-refractivity contribution in [3.8, 4) is 0 Å². The lowest BCUT2D eigenvalue weighted by atomic mass is 10.1. The Morgan fingerprint density at radius 2 is 2.40 bits per heavy atom. The maximum Gasteiger partial charge on any atom is 0.117 e. The molecule has 1 saturated heterocycles. The lowest BCUT2D eigenvalue weighted by Crippen LogP contribution is -2.37. The summed E-state index contributed by atoms with van der Waals surface area (Å²) in [5.41, 5.74) is 0. The maximum absolute atomic E-state index is 5.26. The Labute approximate surface area is 91.2 Å². The van der Waals surface area contributed by atoms with Crippen molar-refractivity contribution >= 4 is 0 Å². The molecule has 1 fully saturated rings. The summed E-state index contributed by atoms with van der Waals surface area (Å²) in [5.74, 6) is 1.02. The molecular formula is C12H20N2O. The molecule has 0 amide bonds. The van der Waals surface area contributed by atoms with Crippen LogP contribution in [0.1, 0.15) is 31.4 Å². The SMILES string of the molecule is c1coc(CNCC2CCCCCN2)c1. The van der Waals surface area contributed by atoms with Gasteiger partial charge in [-0.2, -0.15) is 0 Å². The van der Waals surface area contributed by atoms with Crippen molar-refractivity contribution in [2.75, 3.05) is 13.1 Å². The Kier molecular flexibility index (Phi) is 4.23. The van der Waals surface area contributed by atoms with Crippen LogP contribution in [0, 0.1) is 0 Å². The number of hydrogen-bond acceptors (Lipinski definition) is 3. The first kappa shape index (κ1) is 10.7. The molecule has 84 valence electrons. The van der Waals surface area contributed by atoms with Crippen molar-refractivity contribution in [1.82, 2.24) is 10.6 Å². The van der Waals surface area contributed by atoms with Crippen LogP contribution in [-0.4, -0.2) is 19.1 Å². The van der Waals surface area contributed by atoms with E-state index in [1.807, 2.05) is 12.1 Å². The van der Waals surface area contributed by atoms with Crippen molar-refractivity contribution < 1.29 is 4.42 Å². The van der Waals surface area contributed by atoms with E-state index >= 15 is 0 Å². The minimum Gasteiger partial charge on any atom is -0.468 e. The molecule has 0 bridgehead atoms. The quantitative estimate of drug-likeness (QED) is 0.793. The summed E-state index contributed by atoms with van der Waals surface area (Å²) in [7, 11) is 0. The second-order valence-corrected chi connectivity index (χ2v) is 4.21. The van der Waals surface area contributed by atoms with Crippen LogP contribution in [0.25, 0.3) is 0 Å². The van der Waals surface area contributed by atoms with Crippen molar-refractivity contribution in [2.45, 2.75) is 38.3 Å². The summed E-state index contributed by atoms with van der Waals surface area (Å²) in [6.07, 6.45) is 7.09. The molecule has 1 aromatic heterocycles. The summed E-state index contributed by atoms with van der Waals surface area (Å²) in [6, 6.07) is 4.58. The van der Waals surface area contributed by atoms with Crippen molar-refractivity contribution in [1.29, 1.82) is 0 Å². The van der Waals surface area contributed by atoms with Crippen molar-refractivity contribution in [3.05, 3.63) is 24.2 Å². The lowest BCUT2D eigenvalue weighted by Gasteiger charge is -2.15. The van der Waals surface area contributed by atoms with Gasteiger partial charge in [-0.1, -0.05) is 12.8 Å². The van der Waals surface area contributed by atoms with Crippen LogP contribution < -0.4 is 10.6 Å². The van der Waals surface area contributed by atoms with E-state index in [4.69, 9.17) is 4.42 Å². The van der Waals surface area contributed by atoms with E-state index in [9.17, 15) is 0 Å². The first-order chi connectivity index (χ1) is 7.45. The van der Waals surface area contributed by atoms with E-state index in [1.54, 1.807) is 6.26 Å². The fourth-order valence-corrected chi connectivity index (χ4v) is 2.06. The van der Waals surface area contributed by atoms with Gasteiger partial charge in [0, 0.05) is 12.6 Å². The highest BCUT2D eigenvalue weighted by Crippen LogP contribution is 2.07. The summed E-state index contributed by atoms with van der Waals surface area (Å²) in [6.45, 7) is 3.05. The minimum absolute atomic E-state index is 0.641. The molecule has 15 heavy (non-hydrogen) atoms. The third-order valence-corrected chi connectivity index (χ3v) is 2.93. The number of furan rings is 1. The lowest BCUT2D eigenvalue weighted by molar-refractivity contribution is 0.438. The van der Waals surface area contributed by atoms with Crippen LogP contribution in [0.5, 0.6) is 0 Å². The highest BCUT2D eigenvalue weighted by Gasteiger charge is 2.10. The molecule has 0 radical (unpaired) electrons. The molecule has 0 saturated carbocycles. The second-order valence-electron chi connectivity index (χ2n) is 4.21. The summed E-state index contributed by atoms with van der Waals surface area (Å²) in [4.78, 5) is 0. The average Bonchev–Trinajstić information content (AvgIpc) is 2.62. The first-order valence-electron chi connectivity index (χ1n) is 5.91. The van der Waals surface area contributed by atoms with Crippen LogP contribution >= 0.6 is 0 Å². The second kappa shape index (κ2) is 5.93. The normalized spacial score (nSPS) is 22.5. The molecule has 0 spiro atoms. The minimum atomic E-state index is 0.641. The van der Waals surface area contributed by atoms with E-state index in [0.717, 1.165) is 18.8 Å². The Balaban J connectivity index is 1.64.